The number of nitrogens with one attached hydrogen (secondary N) is 1. The minimum atomic E-state index is -0.807. The second-order valence-electron chi connectivity index (χ2n) is 5.15. The predicted molar refractivity (Wildman–Crippen MR) is 75.0 cm³/mol. The van der Waals surface area contributed by atoms with E-state index in [9.17, 15) is 4.39 Å². The van der Waals surface area contributed by atoms with Gasteiger partial charge in [0.15, 0.2) is 6.30 Å². The average Bonchev–Trinajstić information content (AvgIpc) is 2.36. The van der Waals surface area contributed by atoms with Crippen LogP contribution in [0, 0.1) is 5.92 Å². The highest BCUT2D eigenvalue weighted by molar-refractivity contribution is 4.67. The Labute approximate surface area is 108 Å². The van der Waals surface area contributed by atoms with E-state index in [0.29, 0.717) is 0 Å². The van der Waals surface area contributed by atoms with Crippen molar-refractivity contribution in [3.05, 3.63) is 0 Å². The van der Waals surface area contributed by atoms with Gasteiger partial charge in [0.2, 0.25) is 0 Å². The molecule has 1 atom stereocenters. The maximum absolute atomic E-state index is 13.7. The molecule has 0 aromatic carbocycles. The van der Waals surface area contributed by atoms with Crippen molar-refractivity contribution in [2.24, 2.45) is 5.92 Å². The van der Waals surface area contributed by atoms with Gasteiger partial charge in [-0.2, -0.15) is 0 Å². The van der Waals surface area contributed by atoms with E-state index in [1.165, 1.54) is 51.4 Å². The first kappa shape index (κ1) is 16.9. The summed E-state index contributed by atoms with van der Waals surface area (Å²) in [6.07, 6.45) is 11.3. The van der Waals surface area contributed by atoms with Crippen molar-refractivity contribution < 1.29 is 4.39 Å². The lowest BCUT2D eigenvalue weighted by Crippen LogP contribution is -2.29. The summed E-state index contributed by atoms with van der Waals surface area (Å²) in [5.41, 5.74) is 0. The van der Waals surface area contributed by atoms with Crippen LogP contribution >= 0.6 is 0 Å². The Balaban J connectivity index is 3.72. The molecule has 0 rings (SSSR count). The quantitative estimate of drug-likeness (QED) is 0.374. The molecule has 0 bridgehead atoms. The fraction of sp³-hybridized carbons (Fsp3) is 1.00. The summed E-state index contributed by atoms with van der Waals surface area (Å²) in [7, 11) is 1.73. The Morgan fingerprint density at radius 3 is 1.65 bits per heavy atom. The summed E-state index contributed by atoms with van der Waals surface area (Å²) in [6.45, 7) is 4.43. The summed E-state index contributed by atoms with van der Waals surface area (Å²) in [6, 6.07) is 0. The van der Waals surface area contributed by atoms with Crippen LogP contribution in [0.5, 0.6) is 0 Å². The van der Waals surface area contributed by atoms with Crippen LogP contribution in [0.4, 0.5) is 4.39 Å². The molecule has 0 aliphatic heterocycles. The van der Waals surface area contributed by atoms with Crippen molar-refractivity contribution in [1.29, 1.82) is 0 Å². The molecule has 0 fully saturated rings. The summed E-state index contributed by atoms with van der Waals surface area (Å²) in [5.74, 6) is 0.230. The van der Waals surface area contributed by atoms with Gasteiger partial charge in [0, 0.05) is 5.92 Å². The van der Waals surface area contributed by atoms with Gasteiger partial charge in [-0.15, -0.1) is 0 Å². The van der Waals surface area contributed by atoms with E-state index >= 15 is 0 Å². The van der Waals surface area contributed by atoms with Crippen LogP contribution in [0.15, 0.2) is 0 Å². The monoisotopic (exact) mass is 245 g/mol. The molecule has 1 N–H and O–H groups in total. The molecule has 0 aromatic rings. The average molecular weight is 245 g/mol. The van der Waals surface area contributed by atoms with Crippen LogP contribution in [0.25, 0.3) is 0 Å². The van der Waals surface area contributed by atoms with E-state index in [1.54, 1.807) is 7.05 Å². The van der Waals surface area contributed by atoms with Gasteiger partial charge >= 0.3 is 0 Å². The Morgan fingerprint density at radius 1 is 0.824 bits per heavy atom. The number of rotatable bonds is 12. The van der Waals surface area contributed by atoms with E-state index in [-0.39, 0.29) is 5.92 Å². The fourth-order valence-corrected chi connectivity index (χ4v) is 2.34. The first-order valence-corrected chi connectivity index (χ1v) is 7.57. The Bertz CT molecular complexity index is 138. The van der Waals surface area contributed by atoms with Crippen molar-refractivity contribution in [2.45, 2.75) is 84.4 Å². The third kappa shape index (κ3) is 9.58. The number of halogens is 1. The molecule has 0 saturated heterocycles. The van der Waals surface area contributed by atoms with Gasteiger partial charge < -0.3 is 0 Å². The highest BCUT2D eigenvalue weighted by atomic mass is 19.1. The Kier molecular flexibility index (Phi) is 12.3. The van der Waals surface area contributed by atoms with Crippen LogP contribution in [-0.4, -0.2) is 13.3 Å². The molecule has 0 saturated carbocycles. The summed E-state index contributed by atoms with van der Waals surface area (Å²) in [4.78, 5) is 0. The van der Waals surface area contributed by atoms with E-state index < -0.39 is 6.30 Å². The number of hydrogen-bond acceptors (Lipinski definition) is 1. The van der Waals surface area contributed by atoms with Crippen molar-refractivity contribution in [2.75, 3.05) is 7.05 Å². The number of alkyl halides is 1. The first-order chi connectivity index (χ1) is 8.26. The van der Waals surface area contributed by atoms with Crippen molar-refractivity contribution in [1.82, 2.24) is 5.32 Å². The lowest BCUT2D eigenvalue weighted by Gasteiger charge is -2.20. The molecule has 0 spiro atoms. The zero-order chi connectivity index (χ0) is 12.9. The fourth-order valence-electron chi connectivity index (χ4n) is 2.34. The van der Waals surface area contributed by atoms with E-state index in [2.05, 4.69) is 19.2 Å². The molecule has 17 heavy (non-hydrogen) atoms. The summed E-state index contributed by atoms with van der Waals surface area (Å²) >= 11 is 0. The molecule has 2 heteroatoms. The molecule has 0 amide bonds. The van der Waals surface area contributed by atoms with Crippen molar-refractivity contribution in [3.63, 3.8) is 0 Å². The van der Waals surface area contributed by atoms with Crippen molar-refractivity contribution >= 4 is 0 Å². The summed E-state index contributed by atoms with van der Waals surface area (Å²) in [5, 5.41) is 2.78. The van der Waals surface area contributed by atoms with Crippen LogP contribution in [0.2, 0.25) is 0 Å². The third-order valence-corrected chi connectivity index (χ3v) is 3.55. The van der Waals surface area contributed by atoms with Crippen LogP contribution in [0.3, 0.4) is 0 Å². The SMILES string of the molecule is CCCCCCC(CCCCCC)C(F)NC. The molecule has 1 unspecified atom stereocenters. The van der Waals surface area contributed by atoms with Gasteiger partial charge in [-0.05, 0) is 19.9 Å². The highest BCUT2D eigenvalue weighted by Gasteiger charge is 2.18. The van der Waals surface area contributed by atoms with E-state index in [4.69, 9.17) is 0 Å². The second-order valence-corrected chi connectivity index (χ2v) is 5.15. The Morgan fingerprint density at radius 2 is 1.29 bits per heavy atom. The third-order valence-electron chi connectivity index (χ3n) is 3.55. The maximum Gasteiger partial charge on any atom is 0.153 e. The lowest BCUT2D eigenvalue weighted by atomic mass is 9.93. The normalized spacial score (nSPS) is 13.2. The maximum atomic E-state index is 13.7. The molecule has 104 valence electrons. The molecule has 1 nitrogen and oxygen atoms in total. The molecular formula is C15H32FN. The zero-order valence-electron chi connectivity index (χ0n) is 12.1. The molecule has 0 radical (unpaired) electrons. The summed E-state index contributed by atoms with van der Waals surface area (Å²) < 4.78 is 13.7. The second kappa shape index (κ2) is 12.3. The standard InChI is InChI=1S/C15H32FN/c1-4-6-8-10-12-14(15(16)17-3)13-11-9-7-5-2/h14-15,17H,4-13H2,1-3H3. The van der Waals surface area contributed by atoms with Gasteiger partial charge in [-0.1, -0.05) is 65.2 Å². The van der Waals surface area contributed by atoms with Gasteiger partial charge in [0.05, 0.1) is 0 Å². The topological polar surface area (TPSA) is 12.0 Å². The smallest absolute Gasteiger partial charge is 0.153 e. The molecular weight excluding hydrogens is 213 g/mol. The largest absolute Gasteiger partial charge is 0.291 e. The van der Waals surface area contributed by atoms with Crippen LogP contribution < -0.4 is 5.32 Å². The minimum Gasteiger partial charge on any atom is -0.291 e. The van der Waals surface area contributed by atoms with Crippen LogP contribution in [-0.2, 0) is 0 Å². The molecule has 0 aliphatic carbocycles. The minimum absolute atomic E-state index is 0.230. The van der Waals surface area contributed by atoms with Crippen molar-refractivity contribution in [3.8, 4) is 0 Å². The number of unbranched alkanes of at least 4 members (excludes halogenated alkanes) is 6. The highest BCUT2D eigenvalue weighted by Crippen LogP contribution is 2.22. The van der Waals surface area contributed by atoms with Gasteiger partial charge in [-0.25, -0.2) is 4.39 Å². The lowest BCUT2D eigenvalue weighted by molar-refractivity contribution is 0.169. The molecule has 0 aliphatic rings. The number of hydrogen-bond donors (Lipinski definition) is 1. The Hall–Kier alpha value is -0.110. The molecule has 0 heterocycles. The van der Waals surface area contributed by atoms with Gasteiger partial charge in [0.25, 0.3) is 0 Å². The molecule has 0 aromatic heterocycles. The van der Waals surface area contributed by atoms with Gasteiger partial charge in [-0.3, -0.25) is 5.32 Å². The van der Waals surface area contributed by atoms with E-state index in [1.807, 2.05) is 0 Å². The van der Waals surface area contributed by atoms with Gasteiger partial charge in [0.1, 0.15) is 0 Å². The van der Waals surface area contributed by atoms with Crippen LogP contribution in [0.1, 0.15) is 78.1 Å². The zero-order valence-corrected chi connectivity index (χ0v) is 12.1. The first-order valence-electron chi connectivity index (χ1n) is 7.57. The van der Waals surface area contributed by atoms with E-state index in [0.717, 1.165) is 12.8 Å². The predicted octanol–water partition coefficient (Wildman–Crippen LogP) is 5.06.